The van der Waals surface area contributed by atoms with Crippen molar-refractivity contribution in [1.82, 2.24) is 10.2 Å². The fourth-order valence-corrected chi connectivity index (χ4v) is 3.77. The van der Waals surface area contributed by atoms with Gasteiger partial charge in [0.05, 0.1) is 0 Å². The monoisotopic (exact) mass is 294 g/mol. The molecule has 0 aromatic rings. The van der Waals surface area contributed by atoms with Crippen LogP contribution in [0, 0.1) is 5.92 Å². The predicted octanol–water partition coefficient (Wildman–Crippen LogP) is 2.86. The molecule has 21 heavy (non-hydrogen) atoms. The molecule has 4 nitrogen and oxygen atoms in total. The summed E-state index contributed by atoms with van der Waals surface area (Å²) in [6.45, 7) is 6.25. The standard InChI is InChI=1S/C17H30N2O2/c1-4-9-14-17(21)19(13-10-7-6-8-11-13)15(12(3)5-2)16(20)18-14/h12-15H,4-11H2,1-3H3,(H,18,20). The molecule has 3 atom stereocenters. The van der Waals surface area contributed by atoms with Gasteiger partial charge in [-0.25, -0.2) is 0 Å². The van der Waals surface area contributed by atoms with Crippen molar-refractivity contribution in [3.8, 4) is 0 Å². The Labute approximate surface area is 128 Å². The Morgan fingerprint density at radius 3 is 2.43 bits per heavy atom. The number of carbonyl (C=O) groups is 2. The van der Waals surface area contributed by atoms with Crippen molar-refractivity contribution >= 4 is 11.8 Å². The molecule has 1 aliphatic heterocycles. The van der Waals surface area contributed by atoms with E-state index in [0.29, 0.717) is 0 Å². The van der Waals surface area contributed by atoms with Crippen molar-refractivity contribution < 1.29 is 9.59 Å². The predicted molar refractivity (Wildman–Crippen MR) is 83.8 cm³/mol. The van der Waals surface area contributed by atoms with Crippen molar-refractivity contribution in [1.29, 1.82) is 0 Å². The van der Waals surface area contributed by atoms with E-state index in [1.807, 2.05) is 4.90 Å². The van der Waals surface area contributed by atoms with Crippen LogP contribution in [0.3, 0.4) is 0 Å². The molecule has 1 saturated carbocycles. The van der Waals surface area contributed by atoms with Gasteiger partial charge in [-0.05, 0) is 25.2 Å². The van der Waals surface area contributed by atoms with Crippen molar-refractivity contribution in [3.05, 3.63) is 0 Å². The van der Waals surface area contributed by atoms with Crippen LogP contribution >= 0.6 is 0 Å². The number of hydrogen-bond acceptors (Lipinski definition) is 2. The highest BCUT2D eigenvalue weighted by atomic mass is 16.2. The third kappa shape index (κ3) is 3.41. The fourth-order valence-electron chi connectivity index (χ4n) is 3.77. The second-order valence-corrected chi connectivity index (χ2v) is 6.72. The highest BCUT2D eigenvalue weighted by molar-refractivity contribution is 5.97. The van der Waals surface area contributed by atoms with Gasteiger partial charge in [0.1, 0.15) is 12.1 Å². The summed E-state index contributed by atoms with van der Waals surface area (Å²) in [6, 6.07) is -0.293. The summed E-state index contributed by atoms with van der Waals surface area (Å²) < 4.78 is 0. The van der Waals surface area contributed by atoms with Crippen LogP contribution in [-0.4, -0.2) is 34.8 Å². The zero-order valence-electron chi connectivity index (χ0n) is 13.7. The van der Waals surface area contributed by atoms with Crippen LogP contribution < -0.4 is 5.32 Å². The molecule has 1 saturated heterocycles. The van der Waals surface area contributed by atoms with Crippen molar-refractivity contribution in [3.63, 3.8) is 0 Å². The first-order valence-electron chi connectivity index (χ1n) is 8.72. The first-order valence-corrected chi connectivity index (χ1v) is 8.72. The van der Waals surface area contributed by atoms with Crippen LogP contribution in [0.4, 0.5) is 0 Å². The molecule has 2 rings (SSSR count). The SMILES string of the molecule is CCCC1NC(=O)C(C(C)CC)N(C2CCCCC2)C1=O. The smallest absolute Gasteiger partial charge is 0.246 e. The molecule has 1 aliphatic carbocycles. The lowest BCUT2D eigenvalue weighted by molar-refractivity contribution is -0.155. The molecule has 4 heteroatoms. The minimum absolute atomic E-state index is 0.0629. The first kappa shape index (κ1) is 16.3. The lowest BCUT2D eigenvalue weighted by Crippen LogP contribution is -2.67. The van der Waals surface area contributed by atoms with Crippen molar-refractivity contribution in [2.45, 2.75) is 90.3 Å². The fraction of sp³-hybridized carbons (Fsp3) is 0.882. The Bertz CT molecular complexity index is 377. The number of nitrogens with one attached hydrogen (secondary N) is 1. The number of nitrogens with zero attached hydrogens (tertiary/aromatic N) is 1. The molecule has 0 aromatic carbocycles. The average molecular weight is 294 g/mol. The highest BCUT2D eigenvalue weighted by Gasteiger charge is 2.45. The summed E-state index contributed by atoms with van der Waals surface area (Å²) in [5.74, 6) is 0.445. The summed E-state index contributed by atoms with van der Waals surface area (Å²) in [5.41, 5.74) is 0. The third-order valence-corrected chi connectivity index (χ3v) is 5.17. The molecule has 2 fully saturated rings. The van der Waals surface area contributed by atoms with Crippen molar-refractivity contribution in [2.24, 2.45) is 5.92 Å². The Kier molecular flexibility index (Phi) is 5.65. The van der Waals surface area contributed by atoms with E-state index in [1.165, 1.54) is 19.3 Å². The van der Waals surface area contributed by atoms with E-state index in [1.54, 1.807) is 0 Å². The molecular formula is C17H30N2O2. The summed E-state index contributed by atoms with van der Waals surface area (Å²) in [7, 11) is 0. The van der Waals surface area contributed by atoms with Gasteiger partial charge in [0.15, 0.2) is 0 Å². The summed E-state index contributed by atoms with van der Waals surface area (Å²) in [5, 5.41) is 2.97. The zero-order chi connectivity index (χ0) is 15.4. The lowest BCUT2D eigenvalue weighted by atomic mass is 9.86. The molecule has 1 N–H and O–H groups in total. The summed E-state index contributed by atoms with van der Waals surface area (Å²) >= 11 is 0. The van der Waals surface area contributed by atoms with Gasteiger partial charge in [-0.1, -0.05) is 52.9 Å². The van der Waals surface area contributed by atoms with Gasteiger partial charge in [-0.2, -0.15) is 0 Å². The number of hydrogen-bond donors (Lipinski definition) is 1. The maximum absolute atomic E-state index is 12.9. The van der Waals surface area contributed by atoms with Gasteiger partial charge in [0, 0.05) is 6.04 Å². The largest absolute Gasteiger partial charge is 0.342 e. The first-order chi connectivity index (χ1) is 10.1. The number of amides is 2. The molecule has 2 amide bonds. The number of carbonyl (C=O) groups excluding carboxylic acids is 2. The molecule has 1 heterocycles. The highest BCUT2D eigenvalue weighted by Crippen LogP contribution is 2.30. The van der Waals surface area contributed by atoms with Gasteiger partial charge in [0.2, 0.25) is 11.8 Å². The Balaban J connectivity index is 2.25. The molecule has 0 bridgehead atoms. The van der Waals surface area contributed by atoms with E-state index in [4.69, 9.17) is 0 Å². The van der Waals surface area contributed by atoms with E-state index < -0.39 is 0 Å². The van der Waals surface area contributed by atoms with E-state index in [2.05, 4.69) is 26.1 Å². The van der Waals surface area contributed by atoms with E-state index in [0.717, 1.165) is 32.1 Å². The minimum Gasteiger partial charge on any atom is -0.342 e. The van der Waals surface area contributed by atoms with Crippen LogP contribution in [-0.2, 0) is 9.59 Å². The van der Waals surface area contributed by atoms with Gasteiger partial charge >= 0.3 is 0 Å². The van der Waals surface area contributed by atoms with Gasteiger partial charge < -0.3 is 10.2 Å². The average Bonchev–Trinajstić information content (AvgIpc) is 2.50. The summed E-state index contributed by atoms with van der Waals surface area (Å²) in [4.78, 5) is 27.5. The van der Waals surface area contributed by atoms with E-state index in [9.17, 15) is 9.59 Å². The second kappa shape index (κ2) is 7.28. The maximum Gasteiger partial charge on any atom is 0.246 e. The van der Waals surface area contributed by atoms with Crippen LogP contribution in [0.2, 0.25) is 0 Å². The quantitative estimate of drug-likeness (QED) is 0.847. The lowest BCUT2D eigenvalue weighted by Gasteiger charge is -2.46. The van der Waals surface area contributed by atoms with Crippen LogP contribution in [0.15, 0.2) is 0 Å². The Morgan fingerprint density at radius 1 is 1.19 bits per heavy atom. The molecule has 2 aliphatic rings. The van der Waals surface area contributed by atoms with Gasteiger partial charge in [-0.3, -0.25) is 9.59 Å². The Hall–Kier alpha value is -1.06. The molecule has 0 aromatic heterocycles. The molecule has 0 radical (unpaired) electrons. The normalized spacial score (nSPS) is 29.4. The molecule has 120 valence electrons. The van der Waals surface area contributed by atoms with Crippen molar-refractivity contribution in [2.75, 3.05) is 0 Å². The van der Waals surface area contributed by atoms with Crippen LogP contribution in [0.1, 0.15) is 72.1 Å². The van der Waals surface area contributed by atoms with E-state index >= 15 is 0 Å². The molecule has 3 unspecified atom stereocenters. The number of rotatable bonds is 5. The van der Waals surface area contributed by atoms with Gasteiger partial charge in [0.25, 0.3) is 0 Å². The minimum atomic E-state index is -0.301. The number of piperazine rings is 1. The van der Waals surface area contributed by atoms with Gasteiger partial charge in [-0.15, -0.1) is 0 Å². The second-order valence-electron chi connectivity index (χ2n) is 6.72. The third-order valence-electron chi connectivity index (χ3n) is 5.17. The van der Waals surface area contributed by atoms with E-state index in [-0.39, 0.29) is 35.9 Å². The van der Waals surface area contributed by atoms with Crippen LogP contribution in [0.25, 0.3) is 0 Å². The zero-order valence-corrected chi connectivity index (χ0v) is 13.7. The topological polar surface area (TPSA) is 49.4 Å². The summed E-state index contributed by atoms with van der Waals surface area (Å²) in [6.07, 6.45) is 8.34. The van der Waals surface area contributed by atoms with Crippen LogP contribution in [0.5, 0.6) is 0 Å². The Morgan fingerprint density at radius 2 is 1.86 bits per heavy atom. The molecular weight excluding hydrogens is 264 g/mol. The molecule has 0 spiro atoms. The maximum atomic E-state index is 12.9.